The van der Waals surface area contributed by atoms with E-state index >= 15 is 0 Å². The minimum Gasteiger partial charge on any atom is -0.391 e. The molecule has 0 aromatic carbocycles. The van der Waals surface area contributed by atoms with Gasteiger partial charge in [0, 0.05) is 13.7 Å². The van der Waals surface area contributed by atoms with Crippen molar-refractivity contribution in [2.24, 2.45) is 0 Å². The van der Waals surface area contributed by atoms with E-state index in [1.807, 2.05) is 4.68 Å². The summed E-state index contributed by atoms with van der Waals surface area (Å²) in [6, 6.07) is 0. The topological polar surface area (TPSA) is 47.3 Å². The maximum absolute atomic E-state index is 9.66. The number of hydrogen-bond acceptors (Lipinski definition) is 3. The van der Waals surface area contributed by atoms with E-state index in [0.29, 0.717) is 13.0 Å². The summed E-state index contributed by atoms with van der Waals surface area (Å²) >= 11 is 3.60. The van der Waals surface area contributed by atoms with Gasteiger partial charge in [-0.1, -0.05) is 6.92 Å². The number of rotatable bonds is 7. The first-order chi connectivity index (χ1) is 8.13. The van der Waals surface area contributed by atoms with Gasteiger partial charge in [-0.05, 0) is 42.1 Å². The monoisotopic (exact) mass is 304 g/mol. The number of hydrogen-bond donors (Lipinski definition) is 1. The predicted octanol–water partition coefficient (Wildman–Crippen LogP) is 2.17. The van der Waals surface area contributed by atoms with Crippen molar-refractivity contribution in [1.29, 1.82) is 0 Å². The second kappa shape index (κ2) is 7.13. The molecule has 0 saturated carbocycles. The van der Waals surface area contributed by atoms with E-state index < -0.39 is 6.10 Å². The number of aliphatic hydroxyl groups excluding tert-OH is 1. The number of ether oxygens (including phenoxy) is 1. The molecular formula is C12H21BrN2O2. The molecule has 1 rings (SSSR count). The van der Waals surface area contributed by atoms with Crippen LogP contribution in [0.5, 0.6) is 0 Å². The molecule has 0 bridgehead atoms. The number of halogens is 1. The summed E-state index contributed by atoms with van der Waals surface area (Å²) < 4.78 is 8.01. The van der Waals surface area contributed by atoms with Gasteiger partial charge in [-0.3, -0.25) is 4.68 Å². The van der Waals surface area contributed by atoms with Gasteiger partial charge in [0.05, 0.1) is 28.6 Å². The summed E-state index contributed by atoms with van der Waals surface area (Å²) in [6.45, 7) is 5.41. The third kappa shape index (κ3) is 3.79. The van der Waals surface area contributed by atoms with E-state index in [2.05, 4.69) is 34.9 Å². The molecule has 0 aliphatic carbocycles. The molecule has 0 spiro atoms. The number of nitrogens with zero attached hydrogens (tertiary/aromatic N) is 2. The smallest absolute Gasteiger partial charge is 0.0777 e. The average Bonchev–Trinajstić information content (AvgIpc) is 2.63. The van der Waals surface area contributed by atoms with Crippen LogP contribution >= 0.6 is 15.9 Å². The zero-order chi connectivity index (χ0) is 12.8. The molecule has 1 aromatic heterocycles. The molecule has 1 N–H and O–H groups in total. The maximum atomic E-state index is 9.66. The van der Waals surface area contributed by atoms with Gasteiger partial charge in [-0.25, -0.2) is 0 Å². The van der Waals surface area contributed by atoms with Crippen LogP contribution < -0.4 is 0 Å². The van der Waals surface area contributed by atoms with Crippen LogP contribution in [0.4, 0.5) is 0 Å². The molecule has 5 heteroatoms. The van der Waals surface area contributed by atoms with Crippen LogP contribution in [-0.2, 0) is 24.1 Å². The Morgan fingerprint density at radius 1 is 1.47 bits per heavy atom. The van der Waals surface area contributed by atoms with E-state index in [1.165, 1.54) is 5.69 Å². The molecule has 1 heterocycles. The van der Waals surface area contributed by atoms with Crippen LogP contribution in [0.1, 0.15) is 31.7 Å². The fourth-order valence-corrected chi connectivity index (χ4v) is 2.60. The van der Waals surface area contributed by atoms with Crippen LogP contribution in [0.25, 0.3) is 0 Å². The van der Waals surface area contributed by atoms with Gasteiger partial charge >= 0.3 is 0 Å². The minimum atomic E-state index is -0.405. The van der Waals surface area contributed by atoms with Crippen molar-refractivity contribution >= 4 is 15.9 Å². The van der Waals surface area contributed by atoms with Gasteiger partial charge in [0.2, 0.25) is 0 Å². The van der Waals surface area contributed by atoms with Gasteiger partial charge in [-0.15, -0.1) is 0 Å². The predicted molar refractivity (Wildman–Crippen MR) is 71.2 cm³/mol. The highest BCUT2D eigenvalue weighted by molar-refractivity contribution is 9.10. The molecule has 1 atom stereocenters. The first-order valence-corrected chi connectivity index (χ1v) is 6.84. The van der Waals surface area contributed by atoms with Gasteiger partial charge in [0.15, 0.2) is 0 Å². The first kappa shape index (κ1) is 14.7. The third-order valence-electron chi connectivity index (χ3n) is 2.77. The van der Waals surface area contributed by atoms with Gasteiger partial charge in [0.1, 0.15) is 0 Å². The van der Waals surface area contributed by atoms with E-state index in [-0.39, 0.29) is 0 Å². The van der Waals surface area contributed by atoms with E-state index in [0.717, 1.165) is 29.6 Å². The summed E-state index contributed by atoms with van der Waals surface area (Å²) in [4.78, 5) is 0. The molecule has 1 unspecified atom stereocenters. The van der Waals surface area contributed by atoms with Gasteiger partial charge in [-0.2, -0.15) is 5.10 Å². The van der Waals surface area contributed by atoms with Crippen molar-refractivity contribution < 1.29 is 9.84 Å². The molecule has 4 nitrogen and oxygen atoms in total. The Hall–Kier alpha value is -0.390. The Bertz CT molecular complexity index is 353. The zero-order valence-electron chi connectivity index (χ0n) is 10.7. The summed E-state index contributed by atoms with van der Waals surface area (Å²) in [6.07, 6.45) is 2.02. The highest BCUT2D eigenvalue weighted by Gasteiger charge is 2.15. The van der Waals surface area contributed by atoms with Crippen molar-refractivity contribution in [2.75, 3.05) is 13.7 Å². The standard InChI is InChI=1S/C12H21BrN2O2/c1-4-10-12(13)11(15(5-2)14-10)7-6-9(16)8-17-3/h9,16H,4-8H2,1-3H3. The summed E-state index contributed by atoms with van der Waals surface area (Å²) in [5.41, 5.74) is 2.25. The number of aliphatic hydroxyl groups is 1. The molecule has 0 fully saturated rings. The third-order valence-corrected chi connectivity index (χ3v) is 3.68. The molecule has 0 amide bonds. The zero-order valence-corrected chi connectivity index (χ0v) is 12.3. The molecular weight excluding hydrogens is 284 g/mol. The van der Waals surface area contributed by atoms with Crippen LogP contribution in [0.2, 0.25) is 0 Å². The average molecular weight is 305 g/mol. The Labute approximate surface area is 111 Å². The SMILES string of the molecule is CCc1nn(CC)c(CCC(O)COC)c1Br. The normalized spacial score (nSPS) is 13.0. The lowest BCUT2D eigenvalue weighted by Gasteiger charge is -2.10. The van der Waals surface area contributed by atoms with Gasteiger partial charge in [0.25, 0.3) is 0 Å². The lowest BCUT2D eigenvalue weighted by Crippen LogP contribution is -2.16. The first-order valence-electron chi connectivity index (χ1n) is 6.05. The Kier molecular flexibility index (Phi) is 6.16. The fourth-order valence-electron chi connectivity index (χ4n) is 1.84. The second-order valence-corrected chi connectivity index (χ2v) is 4.82. The van der Waals surface area contributed by atoms with Crippen molar-refractivity contribution in [3.05, 3.63) is 15.9 Å². The van der Waals surface area contributed by atoms with E-state index in [9.17, 15) is 5.11 Å². The molecule has 98 valence electrons. The maximum Gasteiger partial charge on any atom is 0.0777 e. The summed E-state index contributed by atoms with van der Waals surface area (Å²) in [5.74, 6) is 0. The second-order valence-electron chi connectivity index (χ2n) is 4.02. The molecule has 0 radical (unpaired) electrons. The van der Waals surface area contributed by atoms with Crippen molar-refractivity contribution in [2.45, 2.75) is 45.8 Å². The number of aryl methyl sites for hydroxylation is 2. The lowest BCUT2D eigenvalue weighted by atomic mass is 10.1. The van der Waals surface area contributed by atoms with Crippen LogP contribution in [-0.4, -0.2) is 34.7 Å². The molecule has 0 aliphatic heterocycles. The van der Waals surface area contributed by atoms with E-state index in [1.54, 1.807) is 7.11 Å². The minimum absolute atomic E-state index is 0.387. The Balaban J connectivity index is 2.72. The highest BCUT2D eigenvalue weighted by atomic mass is 79.9. The molecule has 1 aromatic rings. The highest BCUT2D eigenvalue weighted by Crippen LogP contribution is 2.23. The van der Waals surface area contributed by atoms with Crippen molar-refractivity contribution in [3.8, 4) is 0 Å². The Morgan fingerprint density at radius 3 is 2.71 bits per heavy atom. The fraction of sp³-hybridized carbons (Fsp3) is 0.750. The molecule has 0 saturated heterocycles. The summed E-state index contributed by atoms with van der Waals surface area (Å²) in [5, 5.41) is 14.2. The lowest BCUT2D eigenvalue weighted by molar-refractivity contribution is 0.0592. The number of methoxy groups -OCH3 is 1. The largest absolute Gasteiger partial charge is 0.391 e. The van der Waals surface area contributed by atoms with Crippen LogP contribution in [0, 0.1) is 0 Å². The van der Waals surface area contributed by atoms with Crippen LogP contribution in [0.3, 0.4) is 0 Å². The quantitative estimate of drug-likeness (QED) is 0.840. The van der Waals surface area contributed by atoms with Crippen molar-refractivity contribution in [3.63, 3.8) is 0 Å². The summed E-state index contributed by atoms with van der Waals surface area (Å²) in [7, 11) is 1.60. The molecule has 17 heavy (non-hydrogen) atoms. The van der Waals surface area contributed by atoms with E-state index in [4.69, 9.17) is 4.74 Å². The molecule has 0 aliphatic rings. The Morgan fingerprint density at radius 2 is 2.18 bits per heavy atom. The number of aromatic nitrogens is 2. The van der Waals surface area contributed by atoms with Crippen molar-refractivity contribution in [1.82, 2.24) is 9.78 Å². The van der Waals surface area contributed by atoms with Crippen LogP contribution in [0.15, 0.2) is 4.47 Å². The van der Waals surface area contributed by atoms with Gasteiger partial charge < -0.3 is 9.84 Å².